The summed E-state index contributed by atoms with van der Waals surface area (Å²) in [5, 5.41) is 0. The van der Waals surface area contributed by atoms with E-state index in [0.29, 0.717) is 17.8 Å². The molecule has 8 unspecified atom stereocenters. The lowest BCUT2D eigenvalue weighted by molar-refractivity contribution is -0.212. The minimum atomic E-state index is -0.362. The van der Waals surface area contributed by atoms with Crippen molar-refractivity contribution in [3.05, 3.63) is 0 Å². The van der Waals surface area contributed by atoms with Gasteiger partial charge in [0.25, 0.3) is 0 Å². The molecule has 11 aliphatic carbocycles. The van der Waals surface area contributed by atoms with Crippen molar-refractivity contribution < 1.29 is 47.7 Å². The van der Waals surface area contributed by atoms with Gasteiger partial charge in [-0.2, -0.15) is 0 Å². The van der Waals surface area contributed by atoms with Crippen molar-refractivity contribution >= 4 is 29.8 Å². The van der Waals surface area contributed by atoms with E-state index in [1.165, 1.54) is 141 Å². The zero-order chi connectivity index (χ0) is 71.7. The van der Waals surface area contributed by atoms with Gasteiger partial charge in [-0.05, 0) is 335 Å². The van der Waals surface area contributed by atoms with E-state index < -0.39 is 0 Å². The second-order valence-electron chi connectivity index (χ2n) is 38.3. The van der Waals surface area contributed by atoms with Gasteiger partial charge in [-0.15, -0.1) is 0 Å². The molecular weight excluding hydrogens is 1310 g/mol. The molecule has 636 valence electrons. The summed E-state index contributed by atoms with van der Waals surface area (Å²) in [6, 6.07) is 0. The molecule has 8 bridgehead atoms. The summed E-state index contributed by atoms with van der Waals surface area (Å²) in [5.74, 6) is 8.82. The van der Waals surface area contributed by atoms with Crippen molar-refractivity contribution in [2.75, 3.05) is 0 Å². The van der Waals surface area contributed by atoms with Crippen molar-refractivity contribution in [2.24, 2.45) is 97.6 Å². The predicted octanol–water partition coefficient (Wildman–Crippen LogP) is 30.0. The van der Waals surface area contributed by atoms with E-state index in [9.17, 15) is 24.0 Å². The monoisotopic (exact) mass is 1510 g/mol. The van der Waals surface area contributed by atoms with Gasteiger partial charge < -0.3 is 23.7 Å². The van der Waals surface area contributed by atoms with Crippen LogP contribution in [0.2, 0.25) is 0 Å². The maximum atomic E-state index is 12.9. The third-order valence-corrected chi connectivity index (χ3v) is 29.2. The predicted molar refractivity (Wildman–Crippen MR) is 461 cm³/mol. The number of hydrogen-bond acceptors (Lipinski definition) is 10. The molecule has 0 aromatic heterocycles. The number of fused-ring (bicyclic) bond motifs is 9. The summed E-state index contributed by atoms with van der Waals surface area (Å²) in [6.07, 6.45) is 42.4. The quantitative estimate of drug-likeness (QED) is 0.0659. The van der Waals surface area contributed by atoms with Crippen molar-refractivity contribution in [3.63, 3.8) is 0 Å². The highest BCUT2D eigenvalue weighted by Gasteiger charge is 2.69. The Balaban J connectivity index is -0.000000395. The molecule has 10 nitrogen and oxygen atoms in total. The standard InChI is InChI=1S/C21H34O2.C20H34O2.C16H30O2.C15H28O2.C14H26O2.10CH4/c1-6-20(4,5)19(22)23-21(12(2)3)11-15-10-16(21)18-14-8-7-13(9-14)17(15)18;1-6-18(3,4)17(21)22-19(5,7-2)20-11-14-8-15(12-20)10-16(9-14)13-20;1-5-15(3,4)14(17)18-16(6-2)12-10-8-7-9-11-13-16;1-5-14(2,3)13(16)17-15(4)11-9-7-6-8-10-12-15;1-6-13(4,5)12(15)16-14(11(2)3)9-7-8-10-14;;;;;;;;;;/h12-18H,6-11H2,1-5H3;14-16H,6-13H2,1-5H3;5-13H2,1-4H3;5-12H2,1-4H3;11H,6-10H2,1-5H3;10*1H4. The molecular formula is C96H192O10. The van der Waals surface area contributed by atoms with Crippen LogP contribution in [0.25, 0.3) is 0 Å². The minimum absolute atomic E-state index is 0. The number of hydrogen-bond donors (Lipinski definition) is 0. The lowest BCUT2D eigenvalue weighted by atomic mass is 9.45. The molecule has 0 aliphatic heterocycles. The Morgan fingerprint density at radius 1 is 0.358 bits per heavy atom. The van der Waals surface area contributed by atoms with Crippen LogP contribution in [0.3, 0.4) is 0 Å². The normalized spacial score (nSPS) is 28.5. The van der Waals surface area contributed by atoms with Crippen LogP contribution in [0.1, 0.15) is 465 Å². The number of ether oxygens (including phenoxy) is 5. The first kappa shape index (κ1) is 112. The van der Waals surface area contributed by atoms with Crippen molar-refractivity contribution in [1.82, 2.24) is 0 Å². The molecule has 0 spiro atoms. The van der Waals surface area contributed by atoms with Gasteiger partial charge in [0.1, 0.15) is 28.0 Å². The summed E-state index contributed by atoms with van der Waals surface area (Å²) in [7, 11) is 0. The molecule has 0 aromatic rings. The molecule has 0 N–H and O–H groups in total. The van der Waals surface area contributed by atoms with E-state index >= 15 is 0 Å². The van der Waals surface area contributed by atoms with Crippen molar-refractivity contribution in [3.8, 4) is 0 Å². The Morgan fingerprint density at radius 3 is 1.07 bits per heavy atom. The maximum Gasteiger partial charge on any atom is 0.312 e. The van der Waals surface area contributed by atoms with Gasteiger partial charge in [0.2, 0.25) is 0 Å². The van der Waals surface area contributed by atoms with Crippen molar-refractivity contribution in [1.29, 1.82) is 0 Å². The number of rotatable bonds is 20. The second-order valence-corrected chi connectivity index (χ2v) is 38.3. The van der Waals surface area contributed by atoms with Crippen LogP contribution < -0.4 is 0 Å². The number of carbonyl (C=O) groups excluding carboxylic acids is 5. The van der Waals surface area contributed by atoms with Crippen LogP contribution in [-0.2, 0) is 47.7 Å². The van der Waals surface area contributed by atoms with Gasteiger partial charge in [-0.3, -0.25) is 24.0 Å². The Morgan fingerprint density at radius 2 is 0.698 bits per heavy atom. The molecule has 0 radical (unpaired) electrons. The van der Waals surface area contributed by atoms with Crippen LogP contribution in [0, 0.1) is 97.6 Å². The Kier molecular flexibility index (Phi) is 47.8. The Bertz CT molecular complexity index is 2460. The molecule has 0 saturated heterocycles. The summed E-state index contributed by atoms with van der Waals surface area (Å²) in [5.41, 5.74) is -2.49. The number of carbonyl (C=O) groups is 5. The number of esters is 5. The Labute approximate surface area is 664 Å². The zero-order valence-electron chi connectivity index (χ0n) is 66.9. The topological polar surface area (TPSA) is 132 Å². The van der Waals surface area contributed by atoms with Crippen LogP contribution in [0.15, 0.2) is 0 Å². The fourth-order valence-corrected chi connectivity index (χ4v) is 19.8. The Hall–Kier alpha value is -2.65. The van der Waals surface area contributed by atoms with E-state index in [4.69, 9.17) is 23.7 Å². The zero-order valence-corrected chi connectivity index (χ0v) is 66.9. The highest BCUT2D eigenvalue weighted by atomic mass is 16.6. The SMILES string of the molecule is C.C.C.C.C.C.C.C.C.C.CCC(C)(C)C(=O)OC(C)(CC)C12CC3CC(CC(C3)C1)C2.CCC(C)(C)C(=O)OC1(C(C)C)CC2CC1C1C3CCC(C3)C21.CCC(C)(C)C(=O)OC1(C(C)C)CCCC1.CCC(C)(C)C(=O)OC1(C)CCCCCCC1.CCC1(OC(=O)C(C)(C)CC)CCCCCCC1. The smallest absolute Gasteiger partial charge is 0.312 e. The van der Waals surface area contributed by atoms with Gasteiger partial charge in [0.05, 0.1) is 27.1 Å². The molecule has 11 fully saturated rings. The fraction of sp³-hybridized carbons (Fsp3) is 0.948. The van der Waals surface area contributed by atoms with E-state index in [1.54, 1.807) is 0 Å². The van der Waals surface area contributed by atoms with Crippen LogP contribution in [-0.4, -0.2) is 57.9 Å². The average molecular weight is 1510 g/mol. The van der Waals surface area contributed by atoms with E-state index in [1.807, 2.05) is 83.1 Å². The first-order chi connectivity index (χ1) is 44.7. The lowest BCUT2D eigenvalue weighted by Crippen LogP contribution is -2.59. The molecule has 8 atom stereocenters. The molecule has 106 heavy (non-hydrogen) atoms. The lowest BCUT2D eigenvalue weighted by Gasteiger charge is -2.62. The van der Waals surface area contributed by atoms with Gasteiger partial charge >= 0.3 is 29.8 Å². The highest BCUT2D eigenvalue weighted by molar-refractivity contribution is 5.78. The van der Waals surface area contributed by atoms with Gasteiger partial charge in [0.15, 0.2) is 0 Å². The van der Waals surface area contributed by atoms with E-state index in [-0.39, 0.29) is 165 Å². The van der Waals surface area contributed by atoms with E-state index in [0.717, 1.165) is 137 Å². The molecule has 10 heteroatoms. The van der Waals surface area contributed by atoms with Crippen LogP contribution >= 0.6 is 0 Å². The summed E-state index contributed by atoms with van der Waals surface area (Å²) < 4.78 is 30.4. The van der Waals surface area contributed by atoms with Crippen LogP contribution in [0.4, 0.5) is 0 Å². The first-order valence-corrected chi connectivity index (χ1v) is 40.9. The molecule has 0 amide bonds. The third-order valence-electron chi connectivity index (χ3n) is 29.2. The molecule has 11 aliphatic rings. The molecule has 0 aromatic carbocycles. The minimum Gasteiger partial charge on any atom is -0.459 e. The fourth-order valence-electron chi connectivity index (χ4n) is 19.8. The molecule has 11 rings (SSSR count). The summed E-state index contributed by atoms with van der Waals surface area (Å²) in [4.78, 5) is 62.2. The van der Waals surface area contributed by atoms with Gasteiger partial charge in [0, 0.05) is 11.3 Å². The maximum absolute atomic E-state index is 12.9. The average Bonchev–Trinajstić information content (AvgIpc) is 1.48. The summed E-state index contributed by atoms with van der Waals surface area (Å²) in [6.45, 7) is 47.9. The molecule has 11 saturated carbocycles. The van der Waals surface area contributed by atoms with Gasteiger partial charge in [-0.1, -0.05) is 189 Å². The third kappa shape index (κ3) is 25.9. The molecule has 0 heterocycles. The van der Waals surface area contributed by atoms with Gasteiger partial charge in [-0.25, -0.2) is 0 Å². The first-order valence-electron chi connectivity index (χ1n) is 40.9. The highest BCUT2D eigenvalue weighted by Crippen LogP contribution is 2.72. The second kappa shape index (κ2) is 45.3. The van der Waals surface area contributed by atoms with Crippen LogP contribution in [0.5, 0.6) is 0 Å². The largest absolute Gasteiger partial charge is 0.459 e. The van der Waals surface area contributed by atoms with Crippen molar-refractivity contribution in [2.45, 2.75) is 493 Å². The summed E-state index contributed by atoms with van der Waals surface area (Å²) >= 11 is 0. The van der Waals surface area contributed by atoms with E-state index in [2.05, 4.69) is 76.2 Å².